The van der Waals surface area contributed by atoms with Crippen LogP contribution in [-0.2, 0) is 6.54 Å². The first-order valence-corrected chi connectivity index (χ1v) is 7.09. The molecule has 2 aromatic rings. The van der Waals surface area contributed by atoms with E-state index >= 15 is 0 Å². The van der Waals surface area contributed by atoms with Gasteiger partial charge < -0.3 is 5.32 Å². The molecule has 0 aliphatic carbocycles. The highest BCUT2D eigenvalue weighted by Gasteiger charge is 2.02. The van der Waals surface area contributed by atoms with Crippen molar-refractivity contribution in [3.05, 3.63) is 62.3 Å². The van der Waals surface area contributed by atoms with Crippen molar-refractivity contribution in [3.63, 3.8) is 0 Å². The van der Waals surface area contributed by atoms with Crippen molar-refractivity contribution >= 4 is 37.5 Å². The van der Waals surface area contributed by atoms with E-state index in [1.54, 1.807) is 6.07 Å². The Hall–Kier alpha value is -0.870. The number of aryl methyl sites for hydroxylation is 1. The van der Waals surface area contributed by atoms with E-state index in [9.17, 15) is 4.39 Å². The van der Waals surface area contributed by atoms with Gasteiger partial charge in [0.1, 0.15) is 5.82 Å². The largest absolute Gasteiger partial charge is 0.381 e. The van der Waals surface area contributed by atoms with Gasteiger partial charge in [-0.15, -0.1) is 0 Å². The van der Waals surface area contributed by atoms with Gasteiger partial charge >= 0.3 is 0 Å². The molecule has 0 radical (unpaired) electrons. The Morgan fingerprint density at radius 1 is 1.06 bits per heavy atom. The summed E-state index contributed by atoms with van der Waals surface area (Å²) < 4.78 is 15.2. The molecule has 0 bridgehead atoms. The van der Waals surface area contributed by atoms with Crippen LogP contribution in [0.3, 0.4) is 0 Å². The molecule has 1 N–H and O–H groups in total. The molecular weight excluding hydrogens is 361 g/mol. The molecule has 0 fully saturated rings. The molecule has 4 heteroatoms. The van der Waals surface area contributed by atoms with Crippen molar-refractivity contribution in [1.82, 2.24) is 0 Å². The third kappa shape index (κ3) is 3.33. The first-order chi connectivity index (χ1) is 8.56. The number of anilines is 1. The molecule has 0 saturated carbocycles. The molecule has 0 aliphatic rings. The van der Waals surface area contributed by atoms with E-state index < -0.39 is 0 Å². The van der Waals surface area contributed by atoms with Crippen molar-refractivity contribution in [3.8, 4) is 0 Å². The maximum atomic E-state index is 13.1. The summed E-state index contributed by atoms with van der Waals surface area (Å²) in [5.74, 6) is -0.222. The van der Waals surface area contributed by atoms with Crippen LogP contribution < -0.4 is 5.32 Å². The second-order valence-corrected chi connectivity index (χ2v) is 5.77. The highest BCUT2D eigenvalue weighted by Crippen LogP contribution is 2.24. The van der Waals surface area contributed by atoms with E-state index in [0.29, 0.717) is 6.54 Å². The van der Waals surface area contributed by atoms with E-state index in [-0.39, 0.29) is 5.82 Å². The SMILES string of the molecule is Cc1ccc(F)cc1NCc1ccc(Br)c(Br)c1. The van der Waals surface area contributed by atoms with Crippen LogP contribution in [-0.4, -0.2) is 0 Å². The molecule has 0 aromatic heterocycles. The molecule has 0 unspecified atom stereocenters. The second-order valence-electron chi connectivity index (χ2n) is 4.06. The zero-order valence-corrected chi connectivity index (χ0v) is 13.0. The van der Waals surface area contributed by atoms with Gasteiger partial charge in [0.25, 0.3) is 0 Å². The van der Waals surface area contributed by atoms with E-state index in [1.807, 2.05) is 25.1 Å². The van der Waals surface area contributed by atoms with Crippen LogP contribution in [0.15, 0.2) is 45.3 Å². The fraction of sp³-hybridized carbons (Fsp3) is 0.143. The van der Waals surface area contributed by atoms with Crippen LogP contribution in [0.4, 0.5) is 10.1 Å². The summed E-state index contributed by atoms with van der Waals surface area (Å²) in [6, 6.07) is 10.8. The number of benzene rings is 2. The van der Waals surface area contributed by atoms with E-state index in [4.69, 9.17) is 0 Å². The zero-order chi connectivity index (χ0) is 13.1. The van der Waals surface area contributed by atoms with Gasteiger partial charge in [-0.1, -0.05) is 12.1 Å². The second kappa shape index (κ2) is 5.85. The minimum atomic E-state index is -0.222. The topological polar surface area (TPSA) is 12.0 Å². The molecule has 0 spiro atoms. The van der Waals surface area contributed by atoms with Gasteiger partial charge in [0, 0.05) is 21.2 Å². The molecule has 0 atom stereocenters. The standard InChI is InChI=1S/C14H12Br2FN/c1-9-2-4-11(17)7-14(9)18-8-10-3-5-12(15)13(16)6-10/h2-7,18H,8H2,1H3. The first-order valence-electron chi connectivity index (χ1n) is 5.50. The monoisotopic (exact) mass is 371 g/mol. The molecule has 0 aliphatic heterocycles. The van der Waals surface area contributed by atoms with Crippen LogP contribution >= 0.6 is 31.9 Å². The molecule has 0 heterocycles. The first kappa shape index (κ1) is 13.6. The molecule has 0 saturated heterocycles. The Morgan fingerprint density at radius 3 is 2.56 bits per heavy atom. The van der Waals surface area contributed by atoms with Gasteiger partial charge in [-0.2, -0.15) is 0 Å². The fourth-order valence-corrected chi connectivity index (χ4v) is 2.30. The number of halogens is 3. The fourth-order valence-electron chi connectivity index (χ4n) is 1.63. The molecule has 94 valence electrons. The molecular formula is C14H12Br2FN. The van der Waals surface area contributed by atoms with Gasteiger partial charge in [0.15, 0.2) is 0 Å². The molecule has 18 heavy (non-hydrogen) atoms. The number of rotatable bonds is 3. The van der Waals surface area contributed by atoms with Crippen LogP contribution in [0.25, 0.3) is 0 Å². The van der Waals surface area contributed by atoms with Crippen LogP contribution in [0, 0.1) is 12.7 Å². The van der Waals surface area contributed by atoms with Crippen molar-refractivity contribution in [2.45, 2.75) is 13.5 Å². The number of hydrogen-bond donors (Lipinski definition) is 1. The van der Waals surface area contributed by atoms with Gasteiger partial charge in [0.2, 0.25) is 0 Å². The normalized spacial score (nSPS) is 10.4. The minimum Gasteiger partial charge on any atom is -0.381 e. The zero-order valence-electron chi connectivity index (χ0n) is 9.81. The van der Waals surface area contributed by atoms with Crippen molar-refractivity contribution < 1.29 is 4.39 Å². The lowest BCUT2D eigenvalue weighted by molar-refractivity contribution is 0.628. The smallest absolute Gasteiger partial charge is 0.125 e. The van der Waals surface area contributed by atoms with E-state index in [0.717, 1.165) is 25.8 Å². The Labute approximate surface area is 123 Å². The Morgan fingerprint density at radius 2 is 1.83 bits per heavy atom. The van der Waals surface area contributed by atoms with Gasteiger partial charge in [-0.05, 0) is 74.2 Å². The Bertz CT molecular complexity index is 570. The van der Waals surface area contributed by atoms with Crippen molar-refractivity contribution in [1.29, 1.82) is 0 Å². The van der Waals surface area contributed by atoms with Crippen LogP contribution in [0.2, 0.25) is 0 Å². The summed E-state index contributed by atoms with van der Waals surface area (Å²) in [5.41, 5.74) is 3.00. The third-order valence-corrected chi connectivity index (χ3v) is 4.55. The molecule has 1 nitrogen and oxygen atoms in total. The van der Waals surface area contributed by atoms with Gasteiger partial charge in [-0.25, -0.2) is 4.39 Å². The highest BCUT2D eigenvalue weighted by molar-refractivity contribution is 9.13. The summed E-state index contributed by atoms with van der Waals surface area (Å²) in [4.78, 5) is 0. The van der Waals surface area contributed by atoms with Crippen molar-refractivity contribution in [2.24, 2.45) is 0 Å². The summed E-state index contributed by atoms with van der Waals surface area (Å²) in [7, 11) is 0. The molecule has 2 aromatic carbocycles. The third-order valence-electron chi connectivity index (χ3n) is 2.67. The predicted octanol–water partition coefficient (Wildman–Crippen LogP) is 5.27. The molecule has 0 amide bonds. The maximum Gasteiger partial charge on any atom is 0.125 e. The Balaban J connectivity index is 2.11. The maximum absolute atomic E-state index is 13.1. The molecule has 2 rings (SSSR count). The van der Waals surface area contributed by atoms with E-state index in [1.165, 1.54) is 12.1 Å². The quantitative estimate of drug-likeness (QED) is 0.773. The van der Waals surface area contributed by atoms with Gasteiger partial charge in [0.05, 0.1) is 0 Å². The van der Waals surface area contributed by atoms with Crippen molar-refractivity contribution in [2.75, 3.05) is 5.32 Å². The average molecular weight is 373 g/mol. The average Bonchev–Trinajstić information content (AvgIpc) is 2.34. The highest BCUT2D eigenvalue weighted by atomic mass is 79.9. The van der Waals surface area contributed by atoms with Crippen LogP contribution in [0.5, 0.6) is 0 Å². The summed E-state index contributed by atoms with van der Waals surface area (Å²) in [5, 5.41) is 3.24. The van der Waals surface area contributed by atoms with E-state index in [2.05, 4.69) is 37.2 Å². The summed E-state index contributed by atoms with van der Waals surface area (Å²) >= 11 is 6.89. The Kier molecular flexibility index (Phi) is 4.40. The summed E-state index contributed by atoms with van der Waals surface area (Å²) in [6.45, 7) is 2.62. The van der Waals surface area contributed by atoms with Crippen LogP contribution in [0.1, 0.15) is 11.1 Å². The summed E-state index contributed by atoms with van der Waals surface area (Å²) in [6.07, 6.45) is 0. The number of nitrogens with one attached hydrogen (secondary N) is 1. The van der Waals surface area contributed by atoms with Gasteiger partial charge in [-0.3, -0.25) is 0 Å². The lowest BCUT2D eigenvalue weighted by Crippen LogP contribution is -2.01. The minimum absolute atomic E-state index is 0.222. The lowest BCUT2D eigenvalue weighted by Gasteiger charge is -2.10. The lowest BCUT2D eigenvalue weighted by atomic mass is 10.1. The number of hydrogen-bond acceptors (Lipinski definition) is 1. The predicted molar refractivity (Wildman–Crippen MR) is 80.3 cm³/mol.